The maximum atomic E-state index is 9.51. The second-order valence-electron chi connectivity index (χ2n) is 7.02. The summed E-state index contributed by atoms with van der Waals surface area (Å²) in [6.07, 6.45) is 3.46. The van der Waals surface area contributed by atoms with Crippen LogP contribution in [-0.4, -0.2) is 63.2 Å². The van der Waals surface area contributed by atoms with Crippen LogP contribution in [0.15, 0.2) is 36.9 Å². The molecule has 7 N–H and O–H groups in total. The zero-order valence-corrected chi connectivity index (χ0v) is 16.9. The van der Waals surface area contributed by atoms with Gasteiger partial charge in [0.05, 0.1) is 12.2 Å². The topological polar surface area (TPSA) is 140 Å². The number of phenolic OH excluding ortho intramolecular Hbond substituents is 5. The number of para-hydroxylation sites is 1. The number of phenols is 5. The normalized spacial score (nSPS) is 15.2. The summed E-state index contributed by atoms with van der Waals surface area (Å²) in [5.74, 6) is -0.554. The summed E-state index contributed by atoms with van der Waals surface area (Å²) in [5.41, 5.74) is 6.83. The van der Waals surface area contributed by atoms with E-state index < -0.39 is 5.75 Å². The van der Waals surface area contributed by atoms with E-state index in [1.807, 2.05) is 0 Å². The quantitative estimate of drug-likeness (QED) is 0.409. The highest BCUT2D eigenvalue weighted by molar-refractivity contribution is 5.76. The van der Waals surface area contributed by atoms with Crippen LogP contribution in [0.25, 0.3) is 5.57 Å². The van der Waals surface area contributed by atoms with Crippen LogP contribution in [0.2, 0.25) is 0 Å². The molecule has 2 aliphatic heterocycles. The number of ether oxygens (including phenoxy) is 1. The Morgan fingerprint density at radius 2 is 1.60 bits per heavy atom. The van der Waals surface area contributed by atoms with E-state index in [1.165, 1.54) is 56.3 Å². The molecule has 0 unspecified atom stereocenters. The van der Waals surface area contributed by atoms with E-state index in [-0.39, 0.29) is 23.0 Å². The molecule has 8 nitrogen and oxygen atoms in total. The molecule has 0 radical (unpaired) electrons. The largest absolute Gasteiger partial charge is 0.508 e. The number of hydrogen-bond acceptors (Lipinski definition) is 8. The Balaban J connectivity index is 0.000000167. The molecule has 164 valence electrons. The maximum Gasteiger partial charge on any atom is 0.200 e. The van der Waals surface area contributed by atoms with Crippen molar-refractivity contribution in [2.45, 2.75) is 19.3 Å². The fourth-order valence-electron chi connectivity index (χ4n) is 3.17. The molecule has 2 aromatic rings. The molecule has 0 amide bonds. The van der Waals surface area contributed by atoms with Gasteiger partial charge in [-0.05, 0) is 43.6 Å². The van der Waals surface area contributed by atoms with Crippen LogP contribution >= 0.6 is 0 Å². The van der Waals surface area contributed by atoms with Crippen molar-refractivity contribution in [3.8, 4) is 34.5 Å². The Morgan fingerprint density at radius 3 is 2.17 bits per heavy atom. The van der Waals surface area contributed by atoms with Crippen LogP contribution in [0.5, 0.6) is 34.5 Å². The average Bonchev–Trinajstić information content (AvgIpc) is 3.20. The summed E-state index contributed by atoms with van der Waals surface area (Å²) < 4.78 is 5.27. The molecule has 2 aliphatic rings. The highest BCUT2D eigenvalue weighted by atomic mass is 16.5. The van der Waals surface area contributed by atoms with Gasteiger partial charge in [-0.25, -0.2) is 0 Å². The predicted molar refractivity (Wildman–Crippen MR) is 115 cm³/mol. The minimum absolute atomic E-state index is 0.00551. The van der Waals surface area contributed by atoms with Crippen molar-refractivity contribution < 1.29 is 30.3 Å². The molecular weight excluding hydrogens is 388 g/mol. The molecule has 0 spiro atoms. The van der Waals surface area contributed by atoms with Crippen LogP contribution in [0.4, 0.5) is 0 Å². The van der Waals surface area contributed by atoms with E-state index in [4.69, 9.17) is 25.8 Å². The Kier molecular flexibility index (Phi) is 8.64. The number of rotatable bonds is 2. The minimum Gasteiger partial charge on any atom is -0.508 e. The lowest BCUT2D eigenvalue weighted by Gasteiger charge is -2.20. The van der Waals surface area contributed by atoms with Gasteiger partial charge in [-0.1, -0.05) is 12.6 Å². The van der Waals surface area contributed by atoms with Gasteiger partial charge in [0.25, 0.3) is 0 Å². The molecule has 0 bridgehead atoms. The Bertz CT molecular complexity index is 830. The zero-order chi connectivity index (χ0) is 22.1. The molecule has 0 atom stereocenters. The third-order valence-electron chi connectivity index (χ3n) is 4.72. The summed E-state index contributed by atoms with van der Waals surface area (Å²) in [4.78, 5) is 2.42. The lowest BCUT2D eigenvalue weighted by atomic mass is 10.0. The standard InChI is InChI=1S/C10H10O3.C6H14N2.C6H6O3/c1-6-2-3-13-9-5-7(11)4-8(12)10(6)9;7-3-6-8-4-1-2-5-8;7-4-2-1-3-5(8)6(4)9/h4-5,11-12H,1-3H2;1-7H2;1-3,7-9H. The van der Waals surface area contributed by atoms with Crippen molar-refractivity contribution in [2.75, 3.05) is 32.8 Å². The van der Waals surface area contributed by atoms with Gasteiger partial charge in [-0.15, -0.1) is 0 Å². The van der Waals surface area contributed by atoms with Gasteiger partial charge < -0.3 is 40.9 Å². The first-order chi connectivity index (χ1) is 14.3. The molecule has 1 saturated heterocycles. The van der Waals surface area contributed by atoms with Gasteiger partial charge in [0.15, 0.2) is 17.2 Å². The number of nitrogens with two attached hydrogens (primary N) is 1. The number of likely N-dealkylation sites (tertiary alicyclic amines) is 1. The number of fused-ring (bicyclic) bond motifs is 1. The molecule has 1 fully saturated rings. The zero-order valence-electron chi connectivity index (χ0n) is 16.9. The van der Waals surface area contributed by atoms with Crippen LogP contribution in [-0.2, 0) is 0 Å². The number of aromatic hydroxyl groups is 5. The van der Waals surface area contributed by atoms with Crippen molar-refractivity contribution in [3.63, 3.8) is 0 Å². The first-order valence-corrected chi connectivity index (χ1v) is 9.82. The van der Waals surface area contributed by atoms with Gasteiger partial charge in [0.2, 0.25) is 0 Å². The first-order valence-electron chi connectivity index (χ1n) is 9.82. The molecule has 30 heavy (non-hydrogen) atoms. The minimum atomic E-state index is -0.475. The Hall–Kier alpha value is -3.10. The van der Waals surface area contributed by atoms with Gasteiger partial charge in [0, 0.05) is 31.6 Å². The van der Waals surface area contributed by atoms with Crippen LogP contribution in [0, 0.1) is 0 Å². The Labute approximate surface area is 176 Å². The second-order valence-corrected chi connectivity index (χ2v) is 7.02. The third-order valence-corrected chi connectivity index (χ3v) is 4.72. The monoisotopic (exact) mass is 418 g/mol. The Morgan fingerprint density at radius 1 is 0.967 bits per heavy atom. The molecule has 0 saturated carbocycles. The van der Waals surface area contributed by atoms with Crippen molar-refractivity contribution in [2.24, 2.45) is 5.73 Å². The van der Waals surface area contributed by atoms with E-state index in [0.29, 0.717) is 24.3 Å². The van der Waals surface area contributed by atoms with Crippen molar-refractivity contribution >= 4 is 5.57 Å². The van der Waals surface area contributed by atoms with Gasteiger partial charge in [-0.3, -0.25) is 0 Å². The van der Waals surface area contributed by atoms with Gasteiger partial charge >= 0.3 is 0 Å². The number of nitrogens with zero attached hydrogens (tertiary/aromatic N) is 1. The summed E-state index contributed by atoms with van der Waals surface area (Å²) in [5, 5.41) is 44.8. The van der Waals surface area contributed by atoms with Crippen LogP contribution < -0.4 is 10.5 Å². The highest BCUT2D eigenvalue weighted by Crippen LogP contribution is 2.40. The molecule has 2 heterocycles. The lowest BCUT2D eigenvalue weighted by Crippen LogP contribution is -2.26. The number of benzene rings is 2. The summed E-state index contributed by atoms with van der Waals surface area (Å²) in [6.45, 7) is 8.84. The van der Waals surface area contributed by atoms with Crippen LogP contribution in [0.3, 0.4) is 0 Å². The van der Waals surface area contributed by atoms with Crippen molar-refractivity contribution in [3.05, 3.63) is 42.5 Å². The summed E-state index contributed by atoms with van der Waals surface area (Å²) >= 11 is 0. The third kappa shape index (κ3) is 6.47. The molecule has 0 aliphatic carbocycles. The van der Waals surface area contributed by atoms with E-state index in [9.17, 15) is 10.2 Å². The first kappa shape index (κ1) is 23.2. The van der Waals surface area contributed by atoms with E-state index in [1.54, 1.807) is 0 Å². The van der Waals surface area contributed by atoms with Crippen molar-refractivity contribution in [1.82, 2.24) is 4.90 Å². The van der Waals surface area contributed by atoms with E-state index in [0.717, 1.165) is 18.7 Å². The average molecular weight is 418 g/mol. The molecule has 0 aromatic heterocycles. The predicted octanol–water partition coefficient (Wildman–Crippen LogP) is 2.74. The van der Waals surface area contributed by atoms with Gasteiger partial charge in [0.1, 0.15) is 17.2 Å². The summed E-state index contributed by atoms with van der Waals surface area (Å²) in [7, 11) is 0. The molecule has 4 rings (SSSR count). The smallest absolute Gasteiger partial charge is 0.200 e. The molecule has 8 heteroatoms. The second kappa shape index (κ2) is 11.2. The SMILES string of the molecule is C=C1CCOc2cc(O)cc(O)c21.NCCN1CCCC1.Oc1cccc(O)c1O. The van der Waals surface area contributed by atoms with Crippen LogP contribution in [0.1, 0.15) is 24.8 Å². The fourth-order valence-corrected chi connectivity index (χ4v) is 3.17. The van der Waals surface area contributed by atoms with E-state index in [2.05, 4.69) is 11.5 Å². The maximum absolute atomic E-state index is 9.51. The van der Waals surface area contributed by atoms with E-state index >= 15 is 0 Å². The van der Waals surface area contributed by atoms with Gasteiger partial charge in [-0.2, -0.15) is 0 Å². The van der Waals surface area contributed by atoms with Crippen molar-refractivity contribution in [1.29, 1.82) is 0 Å². The molecule has 2 aromatic carbocycles. The highest BCUT2D eigenvalue weighted by Gasteiger charge is 2.18. The number of hydrogen-bond donors (Lipinski definition) is 6. The summed E-state index contributed by atoms with van der Waals surface area (Å²) in [6, 6.07) is 6.78. The molecular formula is C22H30N2O6. The lowest BCUT2D eigenvalue weighted by molar-refractivity contribution is 0.310. The fraction of sp³-hybridized carbons (Fsp3) is 0.364.